The highest BCUT2D eigenvalue weighted by Gasteiger charge is 2.49. The molecule has 7 rings (SSSR count). The number of para-hydroxylation sites is 1. The summed E-state index contributed by atoms with van der Waals surface area (Å²) >= 11 is 6.02. The number of hydrogen-bond donors (Lipinski definition) is 3. The molecular formula is C35H29ClN4O3. The van der Waals surface area contributed by atoms with E-state index in [0.29, 0.717) is 30.0 Å². The Hall–Kier alpha value is -4.88. The summed E-state index contributed by atoms with van der Waals surface area (Å²) in [6.45, 7) is 0.293. The number of nitrogens with one attached hydrogen (secondary N) is 3. The molecule has 0 spiro atoms. The van der Waals surface area contributed by atoms with Gasteiger partial charge >= 0.3 is 0 Å². The SMILES string of the molecule is O=C(NCc1ccc(Cl)cc1)[C@H](Cc1ccccc1)NC(=O)[C@@H]1Cc2c([nH]c3ccccc23)C2c3ccccc3C(=O)N21. The minimum Gasteiger partial charge on any atom is -0.356 e. The van der Waals surface area contributed by atoms with Gasteiger partial charge in [0.1, 0.15) is 12.1 Å². The molecule has 2 aliphatic rings. The normalized spacial score (nSPS) is 17.6. The van der Waals surface area contributed by atoms with Gasteiger partial charge in [0.15, 0.2) is 0 Å². The van der Waals surface area contributed by atoms with E-state index in [1.165, 1.54) is 0 Å². The topological polar surface area (TPSA) is 94.3 Å². The van der Waals surface area contributed by atoms with Crippen molar-refractivity contribution in [1.29, 1.82) is 0 Å². The fourth-order valence-electron chi connectivity index (χ4n) is 6.38. The zero-order valence-electron chi connectivity index (χ0n) is 23.2. The van der Waals surface area contributed by atoms with Crippen LogP contribution < -0.4 is 10.6 Å². The van der Waals surface area contributed by atoms with E-state index < -0.39 is 18.1 Å². The van der Waals surface area contributed by atoms with E-state index >= 15 is 0 Å². The first kappa shape index (κ1) is 27.0. The van der Waals surface area contributed by atoms with E-state index in [1.807, 2.05) is 91.0 Å². The van der Waals surface area contributed by atoms with E-state index in [4.69, 9.17) is 11.6 Å². The molecule has 0 radical (unpaired) electrons. The number of H-pyrrole nitrogens is 1. The number of aromatic amines is 1. The third-order valence-corrected chi connectivity index (χ3v) is 8.70. The number of carbonyl (C=O) groups excluding carboxylic acids is 3. The molecule has 214 valence electrons. The standard InChI is InChI=1S/C35H29ClN4O3/c36-23-16-14-22(15-17-23)20-37-33(41)29(18-21-8-2-1-3-9-21)39-34(42)30-19-27-24-10-6-7-13-28(24)38-31(27)32-25-11-4-5-12-26(25)35(43)40(30)32/h1-17,29-30,32,38H,18-20H2,(H,37,41)(H,39,42)/t29-,30-,32?/m0/s1. The molecule has 0 fully saturated rings. The second kappa shape index (κ2) is 11.1. The van der Waals surface area contributed by atoms with Gasteiger partial charge in [0, 0.05) is 46.6 Å². The predicted octanol–water partition coefficient (Wildman–Crippen LogP) is 5.34. The Morgan fingerprint density at radius 3 is 2.42 bits per heavy atom. The summed E-state index contributed by atoms with van der Waals surface area (Å²) in [6.07, 6.45) is 0.646. The fourth-order valence-corrected chi connectivity index (χ4v) is 6.50. The lowest BCUT2D eigenvalue weighted by Gasteiger charge is -2.37. The van der Waals surface area contributed by atoms with Crippen LogP contribution in [0.15, 0.2) is 103 Å². The Balaban J connectivity index is 1.21. The van der Waals surface area contributed by atoms with Crippen molar-refractivity contribution in [2.75, 3.05) is 0 Å². The van der Waals surface area contributed by atoms with E-state index in [2.05, 4.69) is 15.6 Å². The third-order valence-electron chi connectivity index (χ3n) is 8.45. The Morgan fingerprint density at radius 1 is 0.884 bits per heavy atom. The number of aromatic nitrogens is 1. The van der Waals surface area contributed by atoms with Gasteiger partial charge in [-0.1, -0.05) is 90.5 Å². The Labute approximate surface area is 253 Å². The molecule has 3 N–H and O–H groups in total. The van der Waals surface area contributed by atoms with Crippen LogP contribution in [0.1, 0.15) is 44.3 Å². The van der Waals surface area contributed by atoms with Gasteiger partial charge in [0.05, 0.1) is 6.04 Å². The molecule has 1 aromatic heterocycles. The monoisotopic (exact) mass is 588 g/mol. The predicted molar refractivity (Wildman–Crippen MR) is 166 cm³/mol. The number of hydrogen-bond acceptors (Lipinski definition) is 3. The molecule has 3 amide bonds. The van der Waals surface area contributed by atoms with Crippen LogP contribution in [0.25, 0.3) is 10.9 Å². The zero-order chi connectivity index (χ0) is 29.5. The van der Waals surface area contributed by atoms with Crippen LogP contribution in [-0.4, -0.2) is 39.7 Å². The minimum atomic E-state index is -0.843. The van der Waals surface area contributed by atoms with Crippen molar-refractivity contribution in [3.05, 3.63) is 142 Å². The average molecular weight is 589 g/mol. The molecule has 1 unspecified atom stereocenters. The van der Waals surface area contributed by atoms with Gasteiger partial charge < -0.3 is 20.5 Å². The van der Waals surface area contributed by atoms with Gasteiger partial charge in [-0.2, -0.15) is 0 Å². The minimum absolute atomic E-state index is 0.183. The number of amides is 3. The molecule has 3 heterocycles. The molecule has 0 bridgehead atoms. The molecule has 2 aliphatic heterocycles. The summed E-state index contributed by atoms with van der Waals surface area (Å²) in [6, 6.07) is 30.3. The maximum Gasteiger partial charge on any atom is 0.255 e. The second-order valence-electron chi connectivity index (χ2n) is 11.1. The summed E-state index contributed by atoms with van der Waals surface area (Å²) in [5.41, 5.74) is 6.20. The molecule has 43 heavy (non-hydrogen) atoms. The van der Waals surface area contributed by atoms with Crippen LogP contribution in [0.2, 0.25) is 5.02 Å². The first-order valence-electron chi connectivity index (χ1n) is 14.4. The maximum absolute atomic E-state index is 14.2. The van der Waals surface area contributed by atoms with Crippen molar-refractivity contribution >= 4 is 40.2 Å². The summed E-state index contributed by atoms with van der Waals surface area (Å²) in [4.78, 5) is 46.8. The third kappa shape index (κ3) is 4.96. The van der Waals surface area contributed by atoms with E-state index in [9.17, 15) is 14.4 Å². The number of rotatable bonds is 7. The van der Waals surface area contributed by atoms with E-state index in [1.54, 1.807) is 17.0 Å². The molecule has 7 nitrogen and oxygen atoms in total. The highest BCUT2D eigenvalue weighted by Crippen LogP contribution is 2.46. The lowest BCUT2D eigenvalue weighted by Crippen LogP contribution is -2.57. The summed E-state index contributed by atoms with van der Waals surface area (Å²) in [5, 5.41) is 7.66. The first-order valence-corrected chi connectivity index (χ1v) is 14.7. The number of fused-ring (bicyclic) bond motifs is 7. The van der Waals surface area contributed by atoms with Crippen molar-refractivity contribution in [3.8, 4) is 0 Å². The first-order chi connectivity index (χ1) is 21.0. The van der Waals surface area contributed by atoms with Crippen LogP contribution in [-0.2, 0) is 29.0 Å². The Bertz CT molecular complexity index is 1850. The fraction of sp³-hybridized carbons (Fsp3) is 0.171. The molecular weight excluding hydrogens is 560 g/mol. The van der Waals surface area contributed by atoms with Gasteiger partial charge in [-0.15, -0.1) is 0 Å². The number of nitrogens with zero attached hydrogens (tertiary/aromatic N) is 1. The van der Waals surface area contributed by atoms with Gasteiger partial charge in [0.25, 0.3) is 5.91 Å². The molecule has 0 saturated carbocycles. The van der Waals surface area contributed by atoms with Crippen molar-refractivity contribution in [2.45, 2.75) is 37.5 Å². The van der Waals surface area contributed by atoms with Crippen LogP contribution >= 0.6 is 11.6 Å². The maximum atomic E-state index is 14.2. The van der Waals surface area contributed by atoms with E-state index in [0.717, 1.165) is 38.9 Å². The molecule has 8 heteroatoms. The summed E-state index contributed by atoms with van der Waals surface area (Å²) < 4.78 is 0. The van der Waals surface area contributed by atoms with E-state index in [-0.39, 0.29) is 17.7 Å². The van der Waals surface area contributed by atoms with Gasteiger partial charge in [-0.05, 0) is 46.5 Å². The van der Waals surface area contributed by atoms with Crippen LogP contribution in [0.4, 0.5) is 0 Å². The molecule has 0 saturated heterocycles. The quantitative estimate of drug-likeness (QED) is 0.240. The largest absolute Gasteiger partial charge is 0.356 e. The number of halogens is 1. The summed E-state index contributed by atoms with van der Waals surface area (Å²) in [7, 11) is 0. The van der Waals surface area contributed by atoms with Gasteiger partial charge in [0.2, 0.25) is 11.8 Å². The highest BCUT2D eigenvalue weighted by molar-refractivity contribution is 6.30. The van der Waals surface area contributed by atoms with Crippen LogP contribution in [0.5, 0.6) is 0 Å². The lowest BCUT2D eigenvalue weighted by molar-refractivity contribution is -0.132. The highest BCUT2D eigenvalue weighted by atomic mass is 35.5. The lowest BCUT2D eigenvalue weighted by atomic mass is 9.89. The van der Waals surface area contributed by atoms with Crippen molar-refractivity contribution in [3.63, 3.8) is 0 Å². The van der Waals surface area contributed by atoms with Crippen molar-refractivity contribution in [1.82, 2.24) is 20.5 Å². The summed E-state index contributed by atoms with van der Waals surface area (Å²) in [5.74, 6) is -0.843. The molecule has 3 atom stereocenters. The molecule has 5 aromatic rings. The van der Waals surface area contributed by atoms with Crippen molar-refractivity contribution in [2.24, 2.45) is 0 Å². The van der Waals surface area contributed by atoms with Gasteiger partial charge in [-0.25, -0.2) is 0 Å². The number of benzene rings is 4. The van der Waals surface area contributed by atoms with Crippen LogP contribution in [0, 0.1) is 0 Å². The Kier molecular flexibility index (Phi) is 6.95. The molecule has 4 aromatic carbocycles. The van der Waals surface area contributed by atoms with Gasteiger partial charge in [-0.3, -0.25) is 14.4 Å². The number of carbonyl (C=O) groups is 3. The Morgan fingerprint density at radius 2 is 1.60 bits per heavy atom. The smallest absolute Gasteiger partial charge is 0.255 e. The average Bonchev–Trinajstić information content (AvgIpc) is 3.55. The second-order valence-corrected chi connectivity index (χ2v) is 11.5. The zero-order valence-corrected chi connectivity index (χ0v) is 24.0. The van der Waals surface area contributed by atoms with Crippen LogP contribution in [0.3, 0.4) is 0 Å². The van der Waals surface area contributed by atoms with Crippen molar-refractivity contribution < 1.29 is 14.4 Å². The molecule has 0 aliphatic carbocycles.